The molecule has 1 N–H and O–H groups in total. The van der Waals surface area contributed by atoms with E-state index in [1.165, 1.54) is 51.1 Å². The van der Waals surface area contributed by atoms with Gasteiger partial charge >= 0.3 is 0 Å². The van der Waals surface area contributed by atoms with E-state index >= 15 is 0 Å². The maximum absolute atomic E-state index is 13.5. The number of rotatable bonds is 16. The Balaban J connectivity index is 0.000000201. The molecule has 2 aliphatic heterocycles. The number of halogens is 2. The van der Waals surface area contributed by atoms with Crippen LogP contribution in [0.1, 0.15) is 70.8 Å². The van der Waals surface area contributed by atoms with Gasteiger partial charge in [-0.2, -0.15) is 0 Å². The molecule has 2 aromatic heterocycles. The van der Waals surface area contributed by atoms with Crippen LogP contribution < -0.4 is 9.47 Å². The van der Waals surface area contributed by atoms with E-state index in [2.05, 4.69) is 4.98 Å². The fraction of sp³-hybridized carbons (Fsp3) is 0.296. The molecule has 19 heteroatoms. The van der Waals surface area contributed by atoms with Gasteiger partial charge in [0.05, 0.1) is 30.7 Å². The van der Waals surface area contributed by atoms with E-state index in [-0.39, 0.29) is 54.5 Å². The van der Waals surface area contributed by atoms with E-state index in [0.29, 0.717) is 72.1 Å². The molecule has 4 heterocycles. The second-order valence-corrected chi connectivity index (χ2v) is 22.7. The molecule has 0 fully saturated rings. The molecule has 2 aliphatic rings. The van der Waals surface area contributed by atoms with Gasteiger partial charge in [-0.05, 0) is 124 Å². The van der Waals surface area contributed by atoms with Gasteiger partial charge in [0, 0.05) is 77.5 Å². The van der Waals surface area contributed by atoms with Crippen LogP contribution in [0.15, 0.2) is 97.3 Å². The minimum atomic E-state index is -3.39. The van der Waals surface area contributed by atoms with Crippen molar-refractivity contribution in [3.63, 3.8) is 0 Å². The summed E-state index contributed by atoms with van der Waals surface area (Å²) in [5.74, 6) is -0.0688. The first-order chi connectivity index (χ1) is 34.6. The molecule has 0 unspecified atom stereocenters. The first-order valence-electron chi connectivity index (χ1n) is 23.3. The minimum Gasteiger partial charge on any atom is -0.505 e. The predicted octanol–water partition coefficient (Wildman–Crippen LogP) is 7.26. The maximum Gasteiger partial charge on any atom is 0.258 e. The number of aromatic hydroxyl groups is 1. The standard InChI is InChI=1S/C31H32FN3O5S.C23H24FN3O4S/c1-34-18-27-25(13-14-35(2)41(4,37)38)26-16-22(15-20-5-9-23(32)10-6-20)17-33-29(26)30(28(27)31(34)36)40-19-21-7-11-24(39-3)12-8-21;1-26-13-19-17(8-9-27(2)32(3,30)31)18-11-15(10-14-4-6-16(24)7-5-14)12-25-21(18)22(28)20(19)23(26)29/h5-12,16-17H,13-15,18-19H2,1-4H3;4-7,11-12,28H,8-10,13H2,1-3H3. The van der Waals surface area contributed by atoms with Crippen LogP contribution in [0.3, 0.4) is 0 Å². The number of carbonyl (C=O) groups is 2. The summed E-state index contributed by atoms with van der Waals surface area (Å²) in [6.07, 6.45) is 7.50. The number of carbonyl (C=O) groups excluding carboxylic acids is 2. The van der Waals surface area contributed by atoms with Crippen LogP contribution in [-0.4, -0.2) is 123 Å². The van der Waals surface area contributed by atoms with Gasteiger partial charge in [-0.25, -0.2) is 34.2 Å². The van der Waals surface area contributed by atoms with E-state index in [4.69, 9.17) is 14.5 Å². The SMILES string of the molecule is CN1Cc2c(c(O)c3ncc(Cc4ccc(F)cc4)cc3c2CCN(C)S(C)(=O)=O)C1=O.COc1ccc(COc2c3c(c(CCN(C)S(C)(=O)=O)c4cc(Cc5ccc(F)cc5)cnc24)CN(C)C3=O)cc1. The summed E-state index contributed by atoms with van der Waals surface area (Å²) in [6.45, 7) is 1.40. The molecule has 9 rings (SSSR count). The highest BCUT2D eigenvalue weighted by molar-refractivity contribution is 7.88. The number of hydrogen-bond donors (Lipinski definition) is 1. The van der Waals surface area contributed by atoms with Gasteiger partial charge in [-0.3, -0.25) is 19.6 Å². The lowest BCUT2D eigenvalue weighted by Crippen LogP contribution is -2.28. The Morgan fingerprint density at radius 3 is 1.52 bits per heavy atom. The van der Waals surface area contributed by atoms with Crippen LogP contribution in [0.4, 0.5) is 8.78 Å². The van der Waals surface area contributed by atoms with Crippen molar-refractivity contribution in [3.8, 4) is 17.2 Å². The molecule has 5 aromatic carbocycles. The molecule has 0 spiro atoms. The Kier molecular flexibility index (Phi) is 15.2. The van der Waals surface area contributed by atoms with Crippen molar-refractivity contribution < 1.29 is 49.8 Å². The predicted molar refractivity (Wildman–Crippen MR) is 275 cm³/mol. The summed E-state index contributed by atoms with van der Waals surface area (Å²) < 4.78 is 88.9. The van der Waals surface area contributed by atoms with Gasteiger partial charge in [0.25, 0.3) is 11.8 Å². The number of amides is 2. The number of likely N-dealkylation sites (N-methyl/N-ethyl adjacent to an activating group) is 2. The average molecular weight is 1040 g/mol. The summed E-state index contributed by atoms with van der Waals surface area (Å²) in [6, 6.07) is 24.0. The molecular weight excluding hydrogens is 979 g/mol. The van der Waals surface area contributed by atoms with Crippen molar-refractivity contribution in [2.45, 2.75) is 45.4 Å². The monoisotopic (exact) mass is 1030 g/mol. The molecule has 0 bridgehead atoms. The van der Waals surface area contributed by atoms with Crippen LogP contribution in [-0.2, 0) is 65.4 Å². The van der Waals surface area contributed by atoms with E-state index in [1.54, 1.807) is 69.8 Å². The Morgan fingerprint density at radius 1 is 0.630 bits per heavy atom. The normalized spacial score (nSPS) is 13.5. The number of phenolic OH excluding ortho intramolecular Hbond substituents is 1. The topological polar surface area (TPSA) is 180 Å². The Bertz CT molecular complexity index is 3490. The highest BCUT2D eigenvalue weighted by Gasteiger charge is 2.35. The molecule has 0 radical (unpaired) electrons. The van der Waals surface area contributed by atoms with E-state index in [0.717, 1.165) is 61.9 Å². The van der Waals surface area contributed by atoms with E-state index in [1.807, 2.05) is 36.4 Å². The van der Waals surface area contributed by atoms with Crippen LogP contribution in [0, 0.1) is 11.6 Å². The lowest BCUT2D eigenvalue weighted by molar-refractivity contribution is 0.0806. The zero-order valence-corrected chi connectivity index (χ0v) is 43.2. The number of benzene rings is 5. The number of pyridine rings is 2. The largest absolute Gasteiger partial charge is 0.505 e. The van der Waals surface area contributed by atoms with E-state index < -0.39 is 20.0 Å². The second-order valence-electron chi connectivity index (χ2n) is 18.6. The van der Waals surface area contributed by atoms with Crippen molar-refractivity contribution >= 4 is 53.7 Å². The van der Waals surface area contributed by atoms with Gasteiger partial charge in [-0.1, -0.05) is 36.4 Å². The highest BCUT2D eigenvalue weighted by atomic mass is 32.2. The van der Waals surface area contributed by atoms with Crippen molar-refractivity contribution in [1.82, 2.24) is 28.4 Å². The van der Waals surface area contributed by atoms with Gasteiger partial charge < -0.3 is 24.4 Å². The zero-order valence-electron chi connectivity index (χ0n) is 41.6. The van der Waals surface area contributed by atoms with Crippen LogP contribution in [0.5, 0.6) is 17.2 Å². The summed E-state index contributed by atoms with van der Waals surface area (Å²) in [5, 5.41) is 12.3. The van der Waals surface area contributed by atoms with Crippen LogP contribution in [0.25, 0.3) is 21.8 Å². The molecule has 2 amide bonds. The van der Waals surface area contributed by atoms with Crippen molar-refractivity contribution in [3.05, 3.63) is 170 Å². The summed E-state index contributed by atoms with van der Waals surface area (Å²) >= 11 is 0. The number of nitrogens with zero attached hydrogens (tertiary/aromatic N) is 6. The molecule has 7 aromatic rings. The molecule has 0 aliphatic carbocycles. The fourth-order valence-electron chi connectivity index (χ4n) is 9.12. The number of ether oxygens (including phenoxy) is 2. The smallest absolute Gasteiger partial charge is 0.258 e. The number of methoxy groups -OCH3 is 1. The van der Waals surface area contributed by atoms with Crippen molar-refractivity contribution in [2.24, 2.45) is 0 Å². The zero-order chi connectivity index (χ0) is 52.5. The molecule has 0 saturated heterocycles. The molecule has 15 nitrogen and oxygen atoms in total. The summed E-state index contributed by atoms with van der Waals surface area (Å²) in [7, 11) is 1.30. The van der Waals surface area contributed by atoms with Gasteiger partial charge in [0.2, 0.25) is 20.0 Å². The van der Waals surface area contributed by atoms with Crippen molar-refractivity contribution in [2.75, 3.05) is 60.9 Å². The number of hydrogen-bond acceptors (Lipinski definition) is 11. The van der Waals surface area contributed by atoms with Crippen LogP contribution in [0.2, 0.25) is 0 Å². The minimum absolute atomic E-state index is 0.155. The molecule has 0 atom stereocenters. The Hall–Kier alpha value is -7.06. The number of aromatic nitrogens is 2. The summed E-state index contributed by atoms with van der Waals surface area (Å²) in [4.78, 5) is 38.4. The lowest BCUT2D eigenvalue weighted by Gasteiger charge is -2.20. The first kappa shape index (κ1) is 52.3. The van der Waals surface area contributed by atoms with Crippen molar-refractivity contribution in [1.29, 1.82) is 0 Å². The number of phenols is 1. The Labute approximate surface area is 423 Å². The second kappa shape index (κ2) is 21.2. The first-order valence-corrected chi connectivity index (χ1v) is 27.0. The van der Waals surface area contributed by atoms with Gasteiger partial charge in [0.15, 0.2) is 11.5 Å². The third-order valence-corrected chi connectivity index (χ3v) is 16.0. The van der Waals surface area contributed by atoms with Crippen LogP contribution >= 0.6 is 0 Å². The average Bonchev–Trinajstić information content (AvgIpc) is 3.82. The fourth-order valence-corrected chi connectivity index (χ4v) is 9.97. The van der Waals surface area contributed by atoms with Gasteiger partial charge in [-0.15, -0.1) is 0 Å². The number of sulfonamides is 2. The maximum atomic E-state index is 13.5. The molecule has 0 saturated carbocycles. The summed E-state index contributed by atoms with van der Waals surface area (Å²) in [5.41, 5.74) is 9.24. The molecular formula is C54H56F2N6O9S2. The Morgan fingerprint density at radius 2 is 1.05 bits per heavy atom. The van der Waals surface area contributed by atoms with Gasteiger partial charge in [0.1, 0.15) is 35.0 Å². The number of fused-ring (bicyclic) bond motifs is 4. The lowest BCUT2D eigenvalue weighted by atomic mass is 9.93. The third kappa shape index (κ3) is 11.4. The molecule has 382 valence electrons. The third-order valence-electron chi connectivity index (χ3n) is 13.4. The highest BCUT2D eigenvalue weighted by Crippen LogP contribution is 2.42. The van der Waals surface area contributed by atoms with E-state index in [9.17, 15) is 40.3 Å². The quantitative estimate of drug-likeness (QED) is 0.103. The molecule has 73 heavy (non-hydrogen) atoms.